The summed E-state index contributed by atoms with van der Waals surface area (Å²) in [6, 6.07) is 2.00. The van der Waals surface area contributed by atoms with Gasteiger partial charge in [0.15, 0.2) is 11.5 Å². The van der Waals surface area contributed by atoms with Gasteiger partial charge in [0, 0.05) is 25.6 Å². The molecule has 0 spiro atoms. The van der Waals surface area contributed by atoms with E-state index in [1.54, 1.807) is 0 Å². The minimum Gasteiger partial charge on any atom is -0.493 e. The molecule has 2 rings (SSSR count). The van der Waals surface area contributed by atoms with E-state index in [1.165, 1.54) is 18.1 Å². The Hall–Kier alpha value is -2.68. The lowest BCUT2D eigenvalue weighted by Crippen LogP contribution is -2.36. The van der Waals surface area contributed by atoms with Crippen molar-refractivity contribution < 1.29 is 29.1 Å². The van der Waals surface area contributed by atoms with Gasteiger partial charge in [0.2, 0.25) is 0 Å². The molecule has 136 valence electrons. The van der Waals surface area contributed by atoms with Crippen LogP contribution in [0.5, 0.6) is 11.5 Å². The Bertz CT molecular complexity index is 704. The van der Waals surface area contributed by atoms with Gasteiger partial charge in [-0.3, -0.25) is 19.7 Å². The number of ether oxygens (including phenoxy) is 2. The Balaban J connectivity index is 2.50. The van der Waals surface area contributed by atoms with Gasteiger partial charge in [0.05, 0.1) is 24.2 Å². The van der Waals surface area contributed by atoms with Gasteiger partial charge in [0.25, 0.3) is 11.6 Å². The number of nitro benzene ring substituents is 1. The van der Waals surface area contributed by atoms with E-state index in [-0.39, 0.29) is 29.6 Å². The molecule has 1 fully saturated rings. The number of rotatable bonds is 5. The maximum absolute atomic E-state index is 12.8. The van der Waals surface area contributed by atoms with Crippen LogP contribution in [0.4, 0.5) is 5.69 Å². The van der Waals surface area contributed by atoms with Gasteiger partial charge in [-0.1, -0.05) is 6.92 Å². The van der Waals surface area contributed by atoms with Crippen molar-refractivity contribution in [3.8, 4) is 11.5 Å². The van der Waals surface area contributed by atoms with Gasteiger partial charge in [-0.2, -0.15) is 0 Å². The van der Waals surface area contributed by atoms with E-state index in [1.807, 2.05) is 6.92 Å². The molecule has 0 unspecified atom stereocenters. The number of carbonyl (C=O) groups is 2. The van der Waals surface area contributed by atoms with Crippen LogP contribution >= 0.6 is 0 Å². The Kier molecular flexibility index (Phi) is 5.58. The second kappa shape index (κ2) is 7.47. The van der Waals surface area contributed by atoms with Crippen LogP contribution in [-0.2, 0) is 4.79 Å². The number of hydrogen-bond acceptors (Lipinski definition) is 7. The van der Waals surface area contributed by atoms with E-state index in [4.69, 9.17) is 9.47 Å². The first-order valence-corrected chi connectivity index (χ1v) is 7.82. The van der Waals surface area contributed by atoms with Crippen molar-refractivity contribution in [1.82, 2.24) is 4.90 Å². The van der Waals surface area contributed by atoms with Crippen LogP contribution in [0.1, 0.15) is 37.0 Å². The molecular weight excluding hydrogens is 332 g/mol. The molecular formula is C16H20N2O7. The van der Waals surface area contributed by atoms with Crippen LogP contribution < -0.4 is 9.47 Å². The molecule has 1 aromatic carbocycles. The van der Waals surface area contributed by atoms with Crippen molar-refractivity contribution in [1.29, 1.82) is 0 Å². The van der Waals surface area contributed by atoms with E-state index in [9.17, 15) is 24.8 Å². The van der Waals surface area contributed by atoms with E-state index in [2.05, 4.69) is 0 Å². The largest absolute Gasteiger partial charge is 0.493 e. The third kappa shape index (κ3) is 3.87. The molecule has 1 aromatic rings. The van der Waals surface area contributed by atoms with Crippen molar-refractivity contribution in [2.45, 2.75) is 38.8 Å². The second-order valence-corrected chi connectivity index (χ2v) is 5.78. The molecule has 9 heteroatoms. The van der Waals surface area contributed by atoms with E-state index < -0.39 is 28.6 Å². The van der Waals surface area contributed by atoms with Gasteiger partial charge in [-0.25, -0.2) is 0 Å². The van der Waals surface area contributed by atoms with Crippen molar-refractivity contribution in [3.05, 3.63) is 27.8 Å². The van der Waals surface area contributed by atoms with Crippen LogP contribution in [0.3, 0.4) is 0 Å². The lowest BCUT2D eigenvalue weighted by Gasteiger charge is -2.23. The molecule has 2 atom stereocenters. The smallest absolute Gasteiger partial charge is 0.308 e. The zero-order valence-corrected chi connectivity index (χ0v) is 14.2. The summed E-state index contributed by atoms with van der Waals surface area (Å²) in [5.41, 5.74) is -0.663. The second-order valence-electron chi connectivity index (χ2n) is 5.78. The predicted octanol–water partition coefficient (Wildman–Crippen LogP) is 1.51. The molecule has 1 saturated heterocycles. The van der Waals surface area contributed by atoms with E-state index in [0.29, 0.717) is 12.8 Å². The average Bonchev–Trinajstić information content (AvgIpc) is 2.94. The molecule has 0 bridgehead atoms. The van der Waals surface area contributed by atoms with Crippen LogP contribution in [0.2, 0.25) is 0 Å². The van der Waals surface area contributed by atoms with Crippen molar-refractivity contribution >= 4 is 17.6 Å². The highest BCUT2D eigenvalue weighted by Crippen LogP contribution is 2.36. The van der Waals surface area contributed by atoms with Crippen LogP contribution in [0.25, 0.3) is 0 Å². The third-order valence-electron chi connectivity index (χ3n) is 4.09. The monoisotopic (exact) mass is 352 g/mol. The van der Waals surface area contributed by atoms with E-state index >= 15 is 0 Å². The zero-order valence-electron chi connectivity index (χ0n) is 14.2. The van der Waals surface area contributed by atoms with E-state index in [0.717, 1.165) is 13.0 Å². The number of benzene rings is 1. The van der Waals surface area contributed by atoms with Gasteiger partial charge >= 0.3 is 5.97 Å². The SMILES string of the molecule is CC[C@@H]1C[C@@H](O)CN1C(=O)c1cc(OC)c(OC(C)=O)cc1[N+](=O)[O-]. The molecule has 0 aromatic heterocycles. The zero-order chi connectivity index (χ0) is 18.7. The summed E-state index contributed by atoms with van der Waals surface area (Å²) in [7, 11) is 1.30. The Morgan fingerprint density at radius 3 is 2.60 bits per heavy atom. The van der Waals surface area contributed by atoms with Crippen molar-refractivity contribution in [2.24, 2.45) is 0 Å². The lowest BCUT2D eigenvalue weighted by atomic mass is 10.1. The van der Waals surface area contributed by atoms with Crippen molar-refractivity contribution in [3.63, 3.8) is 0 Å². The van der Waals surface area contributed by atoms with Crippen molar-refractivity contribution in [2.75, 3.05) is 13.7 Å². The quantitative estimate of drug-likeness (QED) is 0.369. The fraction of sp³-hybridized carbons (Fsp3) is 0.500. The summed E-state index contributed by atoms with van der Waals surface area (Å²) in [4.78, 5) is 36.1. The molecule has 1 aliphatic rings. The molecule has 0 saturated carbocycles. The first-order valence-electron chi connectivity index (χ1n) is 7.82. The summed E-state index contributed by atoms with van der Waals surface area (Å²) < 4.78 is 10.0. The molecule has 0 aliphatic carbocycles. The number of β-amino-alcohol motifs (C(OH)–C–C–N with tert-alkyl or cyclic N) is 1. The molecule has 0 radical (unpaired) electrons. The van der Waals surface area contributed by atoms with Crippen LogP contribution in [-0.4, -0.2) is 52.6 Å². The van der Waals surface area contributed by atoms with Gasteiger partial charge in [-0.05, 0) is 12.8 Å². The number of hydrogen-bond donors (Lipinski definition) is 1. The molecule has 1 N–H and O–H groups in total. The fourth-order valence-corrected chi connectivity index (χ4v) is 2.95. The number of aliphatic hydroxyl groups excluding tert-OH is 1. The normalized spacial score (nSPS) is 19.6. The number of likely N-dealkylation sites (tertiary alicyclic amines) is 1. The Morgan fingerprint density at radius 2 is 2.08 bits per heavy atom. The average molecular weight is 352 g/mol. The number of nitro groups is 1. The highest BCUT2D eigenvalue weighted by molar-refractivity contribution is 5.99. The van der Waals surface area contributed by atoms with Gasteiger partial charge in [0.1, 0.15) is 5.56 Å². The number of carbonyl (C=O) groups excluding carboxylic acids is 2. The highest BCUT2D eigenvalue weighted by atomic mass is 16.6. The topological polar surface area (TPSA) is 119 Å². The first-order chi connectivity index (χ1) is 11.8. The maximum atomic E-state index is 12.8. The number of nitrogens with zero attached hydrogens (tertiary/aromatic N) is 2. The third-order valence-corrected chi connectivity index (χ3v) is 4.09. The lowest BCUT2D eigenvalue weighted by molar-refractivity contribution is -0.385. The minimum absolute atomic E-state index is 0.0388. The molecule has 9 nitrogen and oxygen atoms in total. The van der Waals surface area contributed by atoms with Gasteiger partial charge in [-0.15, -0.1) is 0 Å². The summed E-state index contributed by atoms with van der Waals surface area (Å²) in [5, 5.41) is 21.2. The van der Waals surface area contributed by atoms with Gasteiger partial charge < -0.3 is 19.5 Å². The summed E-state index contributed by atoms with van der Waals surface area (Å²) >= 11 is 0. The number of aliphatic hydroxyl groups is 1. The summed E-state index contributed by atoms with van der Waals surface area (Å²) in [5.74, 6) is -1.33. The summed E-state index contributed by atoms with van der Waals surface area (Å²) in [6.07, 6.45) is 0.396. The molecule has 25 heavy (non-hydrogen) atoms. The molecule has 1 heterocycles. The van der Waals surface area contributed by atoms with Crippen LogP contribution in [0, 0.1) is 10.1 Å². The summed E-state index contributed by atoms with van der Waals surface area (Å²) in [6.45, 7) is 3.14. The standard InChI is InChI=1S/C16H20N2O7/c1-4-10-5-11(20)8-17(10)16(21)12-6-14(24-3)15(25-9(2)19)7-13(12)18(22)23/h6-7,10-11,20H,4-5,8H2,1-3H3/t10-,11-/m1/s1. The number of amides is 1. The highest BCUT2D eigenvalue weighted by Gasteiger charge is 2.37. The fourth-order valence-electron chi connectivity index (χ4n) is 2.95. The molecule has 1 aliphatic heterocycles. The number of methoxy groups -OCH3 is 1. The first kappa shape index (κ1) is 18.7. The predicted molar refractivity (Wildman–Crippen MR) is 86.7 cm³/mol. The number of esters is 1. The molecule has 1 amide bonds. The van der Waals surface area contributed by atoms with Crippen LogP contribution in [0.15, 0.2) is 12.1 Å². The minimum atomic E-state index is -0.715. The Labute approximate surface area is 144 Å². The Morgan fingerprint density at radius 1 is 1.40 bits per heavy atom. The maximum Gasteiger partial charge on any atom is 0.308 e.